The first-order valence-corrected chi connectivity index (χ1v) is 13.0. The summed E-state index contributed by atoms with van der Waals surface area (Å²) in [5, 5.41) is 5.01. The van der Waals surface area contributed by atoms with Gasteiger partial charge in [0, 0.05) is 60.8 Å². The van der Waals surface area contributed by atoms with Gasteiger partial charge in [-0.1, -0.05) is 0 Å². The molecule has 1 aliphatic rings. The average Bonchev–Trinajstić information content (AvgIpc) is 3.31. The molecule has 1 saturated heterocycles. The largest absolute Gasteiger partial charge is 0.423 e. The number of fused-ring (bicyclic) bond motifs is 2. The molecule has 5 rings (SSSR count). The van der Waals surface area contributed by atoms with Crippen molar-refractivity contribution in [3.63, 3.8) is 0 Å². The molecule has 2 aromatic heterocycles. The minimum absolute atomic E-state index is 0.210. The Hall–Kier alpha value is -3.89. The highest BCUT2D eigenvalue weighted by molar-refractivity contribution is 5.93. The third-order valence-electron chi connectivity index (χ3n) is 6.77. The van der Waals surface area contributed by atoms with Crippen LogP contribution in [-0.2, 0) is 16.6 Å². The molecule has 0 saturated carbocycles. The third-order valence-corrected chi connectivity index (χ3v) is 6.77. The normalized spacial score (nSPS) is 14.8. The number of esters is 1. The third kappa shape index (κ3) is 6.96. The van der Waals surface area contributed by atoms with Crippen LogP contribution in [0, 0.1) is 0 Å². The van der Waals surface area contributed by atoms with Crippen LogP contribution in [0.4, 0.5) is 20.3 Å². The zero-order valence-corrected chi connectivity index (χ0v) is 21.8. The van der Waals surface area contributed by atoms with E-state index in [9.17, 15) is 13.6 Å². The number of morpholine rings is 1. The number of nitrogens with zero attached hydrogens (tertiary/aromatic N) is 4. The van der Waals surface area contributed by atoms with Crippen LogP contribution in [0.2, 0.25) is 0 Å². The highest BCUT2D eigenvalue weighted by Crippen LogP contribution is 2.29. The first-order chi connectivity index (χ1) is 18.9. The SMILES string of the molecule is Cn1ccc2cc(Nc3ncnc4ccc(OC(=O)C=CC(F)(F)CCCCN5CCOCC5)cc34)ccc21. The van der Waals surface area contributed by atoms with Crippen molar-refractivity contribution in [3.05, 3.63) is 67.1 Å². The molecule has 0 spiro atoms. The molecule has 0 aliphatic carbocycles. The van der Waals surface area contributed by atoms with E-state index in [1.807, 2.05) is 42.1 Å². The van der Waals surface area contributed by atoms with E-state index in [1.54, 1.807) is 18.2 Å². The number of halogens is 2. The molecule has 39 heavy (non-hydrogen) atoms. The van der Waals surface area contributed by atoms with Crippen LogP contribution in [-0.4, -0.2) is 64.2 Å². The fourth-order valence-electron chi connectivity index (χ4n) is 4.64. The average molecular weight is 536 g/mol. The van der Waals surface area contributed by atoms with Crippen LogP contribution in [0.1, 0.15) is 19.3 Å². The van der Waals surface area contributed by atoms with E-state index in [2.05, 4.69) is 20.2 Å². The molecule has 1 fully saturated rings. The second-order valence-electron chi connectivity index (χ2n) is 9.65. The zero-order valence-electron chi connectivity index (χ0n) is 21.8. The fraction of sp³-hybridized carbons (Fsp3) is 0.345. The molecule has 1 N–H and O–H groups in total. The van der Waals surface area contributed by atoms with Crippen LogP contribution in [0.25, 0.3) is 21.8 Å². The number of alkyl halides is 2. The summed E-state index contributed by atoms with van der Waals surface area (Å²) >= 11 is 0. The monoisotopic (exact) mass is 535 g/mol. The van der Waals surface area contributed by atoms with Crippen LogP contribution in [0.15, 0.2) is 67.1 Å². The summed E-state index contributed by atoms with van der Waals surface area (Å²) in [7, 11) is 1.99. The molecule has 0 amide bonds. The maximum Gasteiger partial charge on any atom is 0.336 e. The number of hydrogen-bond acceptors (Lipinski definition) is 7. The van der Waals surface area contributed by atoms with Gasteiger partial charge in [0.2, 0.25) is 0 Å². The van der Waals surface area contributed by atoms with Gasteiger partial charge in [0.05, 0.1) is 18.7 Å². The van der Waals surface area contributed by atoms with Crippen molar-refractivity contribution in [1.29, 1.82) is 0 Å². The van der Waals surface area contributed by atoms with E-state index in [0.29, 0.717) is 48.9 Å². The van der Waals surface area contributed by atoms with E-state index >= 15 is 0 Å². The Morgan fingerprint density at radius 2 is 1.97 bits per heavy atom. The number of anilines is 2. The summed E-state index contributed by atoms with van der Waals surface area (Å²) in [6.07, 6.45) is 5.57. The number of benzene rings is 2. The van der Waals surface area contributed by atoms with Crippen molar-refractivity contribution in [2.24, 2.45) is 7.05 Å². The first-order valence-electron chi connectivity index (χ1n) is 13.0. The van der Waals surface area contributed by atoms with Crippen LogP contribution < -0.4 is 10.1 Å². The van der Waals surface area contributed by atoms with Crippen LogP contribution >= 0.6 is 0 Å². The number of hydrogen-bond donors (Lipinski definition) is 1. The molecule has 8 nitrogen and oxygen atoms in total. The summed E-state index contributed by atoms with van der Waals surface area (Å²) in [5.74, 6) is -3.21. The second kappa shape index (κ2) is 11.9. The van der Waals surface area contributed by atoms with Crippen LogP contribution in [0.3, 0.4) is 0 Å². The molecule has 2 aromatic carbocycles. The van der Waals surface area contributed by atoms with E-state index < -0.39 is 11.9 Å². The summed E-state index contributed by atoms with van der Waals surface area (Å²) in [6, 6.07) is 12.9. The minimum Gasteiger partial charge on any atom is -0.423 e. The Balaban J connectivity index is 1.19. The first kappa shape index (κ1) is 26.7. The van der Waals surface area contributed by atoms with Crippen molar-refractivity contribution in [2.75, 3.05) is 38.2 Å². The smallest absolute Gasteiger partial charge is 0.336 e. The van der Waals surface area contributed by atoms with Gasteiger partial charge in [0.25, 0.3) is 5.92 Å². The van der Waals surface area contributed by atoms with Gasteiger partial charge in [-0.05, 0) is 67.9 Å². The number of carbonyl (C=O) groups is 1. The second-order valence-corrected chi connectivity index (χ2v) is 9.65. The molecule has 3 heterocycles. The van der Waals surface area contributed by atoms with Crippen LogP contribution in [0.5, 0.6) is 5.75 Å². The Morgan fingerprint density at radius 1 is 1.13 bits per heavy atom. The van der Waals surface area contributed by atoms with Crippen molar-refractivity contribution in [2.45, 2.75) is 25.2 Å². The number of aryl methyl sites for hydroxylation is 1. The van der Waals surface area contributed by atoms with Gasteiger partial charge in [0.1, 0.15) is 17.9 Å². The predicted molar refractivity (Wildman–Crippen MR) is 147 cm³/mol. The lowest BCUT2D eigenvalue weighted by atomic mass is 10.1. The van der Waals surface area contributed by atoms with Crippen molar-refractivity contribution >= 4 is 39.3 Å². The molecule has 0 atom stereocenters. The van der Waals surface area contributed by atoms with Crippen molar-refractivity contribution in [3.8, 4) is 5.75 Å². The molecule has 204 valence electrons. The standard InChI is InChI=1S/C29H31F2N5O3/c1-35-13-9-21-18-22(4-7-26(21)35)34-28-24-19-23(5-6-25(24)32-20-33-28)39-27(37)8-11-29(30,31)10-2-3-12-36-14-16-38-17-15-36/h4-9,11,13,18-20H,2-3,10,12,14-17H2,1H3,(H,32,33,34). The maximum absolute atomic E-state index is 14.3. The number of allylic oxidation sites excluding steroid dienone is 1. The molecule has 0 radical (unpaired) electrons. The highest BCUT2D eigenvalue weighted by atomic mass is 19.3. The van der Waals surface area contributed by atoms with E-state index in [0.717, 1.165) is 42.3 Å². The quantitative estimate of drug-likeness (QED) is 0.125. The minimum atomic E-state index is -3.09. The van der Waals surface area contributed by atoms with Gasteiger partial charge in [-0.3, -0.25) is 4.90 Å². The molecule has 10 heteroatoms. The Kier molecular flexibility index (Phi) is 8.13. The lowest BCUT2D eigenvalue weighted by Gasteiger charge is -2.26. The van der Waals surface area contributed by atoms with Gasteiger partial charge >= 0.3 is 5.97 Å². The Morgan fingerprint density at radius 3 is 2.82 bits per heavy atom. The van der Waals surface area contributed by atoms with Gasteiger partial charge in [0.15, 0.2) is 0 Å². The number of aromatic nitrogens is 3. The van der Waals surface area contributed by atoms with Crippen molar-refractivity contribution < 1.29 is 23.0 Å². The molecule has 0 bridgehead atoms. The van der Waals surface area contributed by atoms with E-state index in [-0.39, 0.29) is 12.2 Å². The number of unbranched alkanes of at least 4 members (excludes halogenated alkanes) is 1. The number of nitrogens with one attached hydrogen (secondary N) is 1. The van der Waals surface area contributed by atoms with Gasteiger partial charge < -0.3 is 19.4 Å². The summed E-state index contributed by atoms with van der Waals surface area (Å²) in [5.41, 5.74) is 2.59. The topological polar surface area (TPSA) is 81.5 Å². The Bertz CT molecular complexity index is 1480. The van der Waals surface area contributed by atoms with Gasteiger partial charge in [-0.25, -0.2) is 23.5 Å². The zero-order chi connectivity index (χ0) is 27.2. The number of rotatable bonds is 10. The van der Waals surface area contributed by atoms with E-state index in [1.165, 1.54) is 6.33 Å². The van der Waals surface area contributed by atoms with E-state index in [4.69, 9.17) is 9.47 Å². The Labute approximate surface area is 225 Å². The number of ether oxygens (including phenoxy) is 2. The molecular formula is C29H31F2N5O3. The highest BCUT2D eigenvalue weighted by Gasteiger charge is 2.25. The lowest BCUT2D eigenvalue weighted by molar-refractivity contribution is -0.129. The van der Waals surface area contributed by atoms with Crippen molar-refractivity contribution in [1.82, 2.24) is 19.4 Å². The molecule has 1 aliphatic heterocycles. The lowest BCUT2D eigenvalue weighted by Crippen LogP contribution is -2.36. The molecule has 4 aromatic rings. The summed E-state index contributed by atoms with van der Waals surface area (Å²) < 4.78 is 41.3. The molecular weight excluding hydrogens is 504 g/mol. The maximum atomic E-state index is 14.3. The predicted octanol–water partition coefficient (Wildman–Crippen LogP) is 5.46. The van der Waals surface area contributed by atoms with Gasteiger partial charge in [-0.15, -0.1) is 0 Å². The summed E-state index contributed by atoms with van der Waals surface area (Å²) in [4.78, 5) is 23.2. The van der Waals surface area contributed by atoms with Gasteiger partial charge in [-0.2, -0.15) is 0 Å². The molecule has 0 unspecified atom stereocenters. The fourth-order valence-corrected chi connectivity index (χ4v) is 4.64. The number of carbonyl (C=O) groups excluding carboxylic acids is 1. The summed E-state index contributed by atoms with van der Waals surface area (Å²) in [6.45, 7) is 3.82.